The Bertz CT molecular complexity index is 757. The van der Waals surface area contributed by atoms with E-state index in [4.69, 9.17) is 9.47 Å². The fourth-order valence-electron chi connectivity index (χ4n) is 2.07. The summed E-state index contributed by atoms with van der Waals surface area (Å²) in [5.74, 6) is -0.951. The second kappa shape index (κ2) is 7.50. The number of esters is 1. The third-order valence-corrected chi connectivity index (χ3v) is 3.39. The maximum Gasteiger partial charge on any atom is 0.342 e. The van der Waals surface area contributed by atoms with Crippen LogP contribution in [0, 0.1) is 6.92 Å². The summed E-state index contributed by atoms with van der Waals surface area (Å²) in [6.07, 6.45) is -1.04. The van der Waals surface area contributed by atoms with Crippen LogP contribution in [0.5, 0.6) is 11.5 Å². The van der Waals surface area contributed by atoms with Crippen molar-refractivity contribution in [1.29, 1.82) is 0 Å². The van der Waals surface area contributed by atoms with E-state index in [0.29, 0.717) is 11.4 Å². The number of benzene rings is 2. The molecule has 0 unspecified atom stereocenters. The summed E-state index contributed by atoms with van der Waals surface area (Å²) in [4.78, 5) is 24.3. The first kappa shape index (κ1) is 17.3. The molecule has 2 aromatic carbocycles. The molecule has 126 valence electrons. The molecule has 0 aliphatic heterocycles. The van der Waals surface area contributed by atoms with Crippen molar-refractivity contribution >= 4 is 17.6 Å². The largest absolute Gasteiger partial charge is 0.507 e. The molecule has 2 N–H and O–H groups in total. The van der Waals surface area contributed by atoms with Crippen LogP contribution in [0.15, 0.2) is 42.5 Å². The number of phenols is 1. The second-order valence-electron chi connectivity index (χ2n) is 5.26. The van der Waals surface area contributed by atoms with Gasteiger partial charge in [0, 0.05) is 0 Å². The van der Waals surface area contributed by atoms with Crippen molar-refractivity contribution in [3.63, 3.8) is 0 Å². The van der Waals surface area contributed by atoms with Crippen LogP contribution in [-0.2, 0) is 9.53 Å². The van der Waals surface area contributed by atoms with E-state index in [-0.39, 0.29) is 11.3 Å². The number of anilines is 1. The lowest BCUT2D eigenvalue weighted by molar-refractivity contribution is -0.123. The van der Waals surface area contributed by atoms with Gasteiger partial charge < -0.3 is 19.9 Å². The van der Waals surface area contributed by atoms with Crippen LogP contribution < -0.4 is 10.1 Å². The van der Waals surface area contributed by atoms with Crippen LogP contribution in [0.3, 0.4) is 0 Å². The van der Waals surface area contributed by atoms with Gasteiger partial charge in [-0.2, -0.15) is 0 Å². The van der Waals surface area contributed by atoms with Crippen LogP contribution in [0.4, 0.5) is 5.69 Å². The van der Waals surface area contributed by atoms with Crippen molar-refractivity contribution in [1.82, 2.24) is 0 Å². The highest BCUT2D eigenvalue weighted by Crippen LogP contribution is 2.24. The van der Waals surface area contributed by atoms with Gasteiger partial charge in [-0.3, -0.25) is 4.79 Å². The number of hydrogen-bond acceptors (Lipinski definition) is 5. The van der Waals surface area contributed by atoms with Crippen LogP contribution in [0.2, 0.25) is 0 Å². The van der Waals surface area contributed by atoms with Gasteiger partial charge in [0.2, 0.25) is 0 Å². The van der Waals surface area contributed by atoms with Gasteiger partial charge in [0.05, 0.1) is 12.8 Å². The molecular formula is C18H19NO5. The number of carbonyl (C=O) groups excluding carboxylic acids is 2. The van der Waals surface area contributed by atoms with E-state index in [0.717, 1.165) is 5.56 Å². The zero-order chi connectivity index (χ0) is 17.7. The molecule has 6 nitrogen and oxygen atoms in total. The molecule has 0 aliphatic carbocycles. The molecule has 0 aromatic heterocycles. The Labute approximate surface area is 140 Å². The Morgan fingerprint density at radius 1 is 1.17 bits per heavy atom. The van der Waals surface area contributed by atoms with Gasteiger partial charge in [-0.1, -0.05) is 18.2 Å². The molecule has 0 saturated carbocycles. The van der Waals surface area contributed by atoms with Gasteiger partial charge in [-0.05, 0) is 43.7 Å². The molecule has 0 radical (unpaired) electrons. The van der Waals surface area contributed by atoms with E-state index < -0.39 is 18.0 Å². The minimum Gasteiger partial charge on any atom is -0.507 e. The highest BCUT2D eigenvalue weighted by molar-refractivity contribution is 5.99. The van der Waals surface area contributed by atoms with E-state index in [1.165, 1.54) is 26.2 Å². The smallest absolute Gasteiger partial charge is 0.342 e. The Morgan fingerprint density at radius 3 is 2.54 bits per heavy atom. The molecule has 2 aromatic rings. The number of methoxy groups -OCH3 is 1. The van der Waals surface area contributed by atoms with Crippen molar-refractivity contribution in [2.75, 3.05) is 12.4 Å². The van der Waals surface area contributed by atoms with E-state index in [2.05, 4.69) is 5.32 Å². The van der Waals surface area contributed by atoms with Gasteiger partial charge in [0.25, 0.3) is 5.91 Å². The minimum atomic E-state index is -1.04. The van der Waals surface area contributed by atoms with Crippen molar-refractivity contribution in [3.8, 4) is 11.5 Å². The fourth-order valence-corrected chi connectivity index (χ4v) is 2.07. The highest BCUT2D eigenvalue weighted by atomic mass is 16.5. The maximum absolute atomic E-state index is 12.2. The van der Waals surface area contributed by atoms with Crippen LogP contribution in [-0.4, -0.2) is 30.2 Å². The second-order valence-corrected chi connectivity index (χ2v) is 5.26. The molecule has 0 bridgehead atoms. The lowest BCUT2D eigenvalue weighted by atomic mass is 10.1. The van der Waals surface area contributed by atoms with E-state index in [1.54, 1.807) is 37.3 Å². The zero-order valence-electron chi connectivity index (χ0n) is 13.7. The highest BCUT2D eigenvalue weighted by Gasteiger charge is 2.21. The lowest BCUT2D eigenvalue weighted by Gasteiger charge is -2.15. The van der Waals surface area contributed by atoms with Gasteiger partial charge in [-0.15, -0.1) is 0 Å². The standard InChI is InChI=1S/C18H19NO5/c1-11-8-9-13(15(20)10-11)18(22)24-12(2)17(21)19-14-6-4-5-7-16(14)23-3/h4-10,12,20H,1-3H3,(H,19,21)/t12-/m0/s1. The Kier molecular flexibility index (Phi) is 5.42. The number of aromatic hydroxyl groups is 1. The number of phenolic OH excluding ortho intramolecular Hbond substituents is 1. The summed E-state index contributed by atoms with van der Waals surface area (Å²) in [6.45, 7) is 3.24. The van der Waals surface area contributed by atoms with Crippen molar-refractivity contribution in [2.45, 2.75) is 20.0 Å². The number of aryl methyl sites for hydroxylation is 1. The Morgan fingerprint density at radius 2 is 1.88 bits per heavy atom. The van der Waals surface area contributed by atoms with E-state index in [9.17, 15) is 14.7 Å². The SMILES string of the molecule is COc1ccccc1NC(=O)[C@H](C)OC(=O)c1ccc(C)cc1O. The maximum atomic E-state index is 12.2. The minimum absolute atomic E-state index is 0.0116. The molecule has 1 atom stereocenters. The predicted molar refractivity (Wildman–Crippen MR) is 89.3 cm³/mol. The summed E-state index contributed by atoms with van der Waals surface area (Å²) in [5, 5.41) is 12.4. The number of rotatable bonds is 5. The van der Waals surface area contributed by atoms with Crippen LogP contribution in [0.1, 0.15) is 22.8 Å². The molecule has 1 amide bonds. The fraction of sp³-hybridized carbons (Fsp3) is 0.222. The van der Waals surface area contributed by atoms with Crippen LogP contribution >= 0.6 is 0 Å². The monoisotopic (exact) mass is 329 g/mol. The number of carbonyl (C=O) groups is 2. The summed E-state index contributed by atoms with van der Waals surface area (Å²) in [7, 11) is 1.49. The molecular weight excluding hydrogens is 310 g/mol. The molecule has 0 heterocycles. The third-order valence-electron chi connectivity index (χ3n) is 3.39. The first-order valence-corrected chi connectivity index (χ1v) is 7.37. The van der Waals surface area contributed by atoms with Crippen molar-refractivity contribution < 1.29 is 24.2 Å². The molecule has 6 heteroatoms. The van der Waals surface area contributed by atoms with Crippen molar-refractivity contribution in [3.05, 3.63) is 53.6 Å². The summed E-state index contributed by atoms with van der Waals surface area (Å²) in [5.41, 5.74) is 1.30. The van der Waals surface area contributed by atoms with Gasteiger partial charge >= 0.3 is 5.97 Å². The van der Waals surface area contributed by atoms with Gasteiger partial charge in [-0.25, -0.2) is 4.79 Å². The average Bonchev–Trinajstić information content (AvgIpc) is 2.55. The first-order chi connectivity index (χ1) is 11.4. The first-order valence-electron chi connectivity index (χ1n) is 7.37. The average molecular weight is 329 g/mol. The van der Waals surface area contributed by atoms with E-state index >= 15 is 0 Å². The normalized spacial score (nSPS) is 11.5. The Hall–Kier alpha value is -3.02. The number of hydrogen-bond donors (Lipinski definition) is 2. The van der Waals surface area contributed by atoms with E-state index in [1.807, 2.05) is 0 Å². The lowest BCUT2D eigenvalue weighted by Crippen LogP contribution is -2.30. The van der Waals surface area contributed by atoms with Gasteiger partial charge in [0.15, 0.2) is 6.10 Å². The predicted octanol–water partition coefficient (Wildman–Crippen LogP) is 2.89. The molecule has 0 aliphatic rings. The van der Waals surface area contributed by atoms with Crippen LogP contribution in [0.25, 0.3) is 0 Å². The molecule has 0 saturated heterocycles. The van der Waals surface area contributed by atoms with Crippen molar-refractivity contribution in [2.24, 2.45) is 0 Å². The number of ether oxygens (including phenoxy) is 2. The molecule has 24 heavy (non-hydrogen) atoms. The molecule has 0 spiro atoms. The number of amides is 1. The topological polar surface area (TPSA) is 84.9 Å². The summed E-state index contributed by atoms with van der Waals surface area (Å²) in [6, 6.07) is 11.5. The molecule has 2 rings (SSSR count). The summed E-state index contributed by atoms with van der Waals surface area (Å²) >= 11 is 0. The summed E-state index contributed by atoms with van der Waals surface area (Å²) < 4.78 is 10.3. The van der Waals surface area contributed by atoms with Gasteiger partial charge in [0.1, 0.15) is 17.1 Å². The zero-order valence-corrected chi connectivity index (χ0v) is 13.7. The quantitative estimate of drug-likeness (QED) is 0.824. The number of nitrogens with one attached hydrogen (secondary N) is 1. The number of para-hydroxylation sites is 2. The third kappa shape index (κ3) is 4.04. The molecule has 0 fully saturated rings. The Balaban J connectivity index is 2.04.